The number of carbonyl (C=O) groups is 4. The van der Waals surface area contributed by atoms with Crippen molar-refractivity contribution in [1.29, 1.82) is 0 Å². The maximum atomic E-state index is 14.5. The molecule has 2 saturated heterocycles. The molecule has 61 heavy (non-hydrogen) atoms. The third-order valence-corrected chi connectivity index (χ3v) is 12.1. The van der Waals surface area contributed by atoms with Crippen LogP contribution in [0.4, 0.5) is 9.59 Å². The third kappa shape index (κ3) is 11.7. The highest BCUT2D eigenvalue weighted by molar-refractivity contribution is 7.09. The van der Waals surface area contributed by atoms with E-state index in [0.717, 1.165) is 33.1 Å². The number of aromatic nitrogens is 2. The molecular formula is C44H56N8O8S. The summed E-state index contributed by atoms with van der Waals surface area (Å²) < 4.78 is 10.1. The van der Waals surface area contributed by atoms with Crippen molar-refractivity contribution in [3.63, 3.8) is 0 Å². The number of pyridine rings is 1. The van der Waals surface area contributed by atoms with E-state index in [0.29, 0.717) is 32.7 Å². The fourth-order valence-corrected chi connectivity index (χ4v) is 8.57. The lowest BCUT2D eigenvalue weighted by Gasteiger charge is -2.35. The van der Waals surface area contributed by atoms with Crippen LogP contribution in [-0.2, 0) is 45.2 Å². The fraction of sp³-hybridized carbons (Fsp3) is 0.455. The second-order valence-electron chi connectivity index (χ2n) is 15.6. The number of hydrogen-bond acceptors (Lipinski definition) is 12. The summed E-state index contributed by atoms with van der Waals surface area (Å²) in [5.74, 6) is -1.17. The number of urea groups is 1. The molecule has 16 nitrogen and oxygen atoms in total. The summed E-state index contributed by atoms with van der Waals surface area (Å²) in [6.07, 6.45) is -0.308. The number of aliphatic hydroxyl groups is 2. The number of hydrogen-bond donors (Lipinski definition) is 4. The predicted octanol–water partition coefficient (Wildman–Crippen LogP) is 3.83. The van der Waals surface area contributed by atoms with Crippen molar-refractivity contribution in [2.75, 3.05) is 40.4 Å². The highest BCUT2D eigenvalue weighted by Gasteiger charge is 2.42. The smallest absolute Gasteiger partial charge is 0.410 e. The van der Waals surface area contributed by atoms with Crippen molar-refractivity contribution in [3.8, 4) is 11.3 Å². The Morgan fingerprint density at radius 1 is 1.02 bits per heavy atom. The number of rotatable bonds is 19. The van der Waals surface area contributed by atoms with Crippen LogP contribution in [0, 0.1) is 5.92 Å². The van der Waals surface area contributed by atoms with Gasteiger partial charge in [0.25, 0.3) is 5.91 Å². The van der Waals surface area contributed by atoms with Crippen LogP contribution >= 0.6 is 11.3 Å². The first kappa shape index (κ1) is 45.1. The average Bonchev–Trinajstić information content (AvgIpc) is 3.99. The van der Waals surface area contributed by atoms with Crippen LogP contribution in [0.25, 0.3) is 11.3 Å². The Morgan fingerprint density at radius 2 is 1.77 bits per heavy atom. The van der Waals surface area contributed by atoms with Gasteiger partial charge >= 0.3 is 12.1 Å². The number of aliphatic hydroxyl groups excluding tert-OH is 2. The Bertz CT molecular complexity index is 2060. The summed E-state index contributed by atoms with van der Waals surface area (Å²) >= 11 is 1.47. The molecule has 0 aliphatic carbocycles. The van der Waals surface area contributed by atoms with Gasteiger partial charge in [0, 0.05) is 56.9 Å². The first-order chi connectivity index (χ1) is 29.5. The first-order valence-electron chi connectivity index (χ1n) is 20.6. The van der Waals surface area contributed by atoms with Gasteiger partial charge in [-0.1, -0.05) is 80.9 Å². The summed E-state index contributed by atoms with van der Waals surface area (Å²) in [7, 11) is 2.82. The second kappa shape index (κ2) is 21.4. The van der Waals surface area contributed by atoms with Crippen molar-refractivity contribution in [3.05, 3.63) is 106 Å². The zero-order valence-electron chi connectivity index (χ0n) is 35.1. The quantitative estimate of drug-likeness (QED) is 0.100. The predicted molar refractivity (Wildman–Crippen MR) is 228 cm³/mol. The van der Waals surface area contributed by atoms with Crippen molar-refractivity contribution >= 4 is 35.3 Å². The highest BCUT2D eigenvalue weighted by Crippen LogP contribution is 2.25. The molecule has 4 aromatic rings. The van der Waals surface area contributed by atoms with Gasteiger partial charge in [-0.15, -0.1) is 11.3 Å². The van der Waals surface area contributed by atoms with Gasteiger partial charge in [0.05, 0.1) is 56.4 Å². The molecule has 2 unspecified atom stereocenters. The average molecular weight is 857 g/mol. The molecule has 0 spiro atoms. The minimum atomic E-state index is -1.24. The van der Waals surface area contributed by atoms with E-state index in [1.54, 1.807) is 28.1 Å². The van der Waals surface area contributed by atoms with Gasteiger partial charge in [0.2, 0.25) is 5.91 Å². The van der Waals surface area contributed by atoms with Crippen molar-refractivity contribution in [1.82, 2.24) is 40.4 Å². The Kier molecular flexibility index (Phi) is 15.8. The molecule has 4 N–H and O–H groups in total. The number of likely N-dealkylation sites (tertiary alicyclic amines) is 1. The van der Waals surface area contributed by atoms with Gasteiger partial charge in [0.15, 0.2) is 0 Å². The standard InChI is InChI=1S/C44H56N8O8S/c1-5-29(2)40(51-20-19-49(43(51)57)24-33-28-61-39(46-33)27-59-3)42(56)47-36(21-30-11-7-6-8-12-30)38(54)26-50(48-41(55)37-22-34(53)25-52(37)44(58)60-4)23-31-14-16-32(17-15-31)35-13-9-10-18-45-35/h6-18,28-29,34,36-38,40,53-54H,5,19-27H2,1-4H3,(H,47,56)(H,48,55)/t29-,34?,36-,37?,38-,40-/m0/s1. The molecule has 4 heterocycles. The summed E-state index contributed by atoms with van der Waals surface area (Å²) in [6.45, 7) is 5.32. The largest absolute Gasteiger partial charge is 0.453 e. The number of methoxy groups -OCH3 is 2. The summed E-state index contributed by atoms with van der Waals surface area (Å²) in [5, 5.41) is 30.0. The fourth-order valence-electron chi connectivity index (χ4n) is 7.81. The van der Waals surface area contributed by atoms with E-state index < -0.39 is 48.2 Å². The molecule has 5 amide bonds. The third-order valence-electron chi connectivity index (χ3n) is 11.2. The number of amides is 5. The van der Waals surface area contributed by atoms with Crippen LogP contribution in [0.1, 0.15) is 48.5 Å². The molecule has 326 valence electrons. The molecule has 2 aromatic heterocycles. The van der Waals surface area contributed by atoms with Gasteiger partial charge < -0.3 is 34.8 Å². The maximum Gasteiger partial charge on any atom is 0.410 e. The van der Waals surface area contributed by atoms with Gasteiger partial charge in [-0.3, -0.25) is 24.9 Å². The normalized spacial score (nSPS) is 18.5. The van der Waals surface area contributed by atoms with Crippen molar-refractivity contribution < 1.29 is 38.9 Å². The number of carbonyl (C=O) groups excluding carboxylic acids is 4. The second-order valence-corrected chi connectivity index (χ2v) is 16.5. The molecule has 0 radical (unpaired) electrons. The van der Waals surface area contributed by atoms with E-state index in [9.17, 15) is 29.4 Å². The van der Waals surface area contributed by atoms with Crippen molar-refractivity contribution in [2.24, 2.45) is 5.92 Å². The molecule has 0 bridgehead atoms. The lowest BCUT2D eigenvalue weighted by Crippen LogP contribution is -2.59. The molecule has 6 rings (SSSR count). The Hall–Kier alpha value is -5.46. The summed E-state index contributed by atoms with van der Waals surface area (Å²) in [4.78, 5) is 68.5. The minimum absolute atomic E-state index is 0.00503. The number of benzene rings is 2. The number of nitrogens with one attached hydrogen (secondary N) is 2. The summed E-state index contributed by atoms with van der Waals surface area (Å²) in [5.41, 5.74) is 7.01. The number of thiazole rings is 1. The zero-order chi connectivity index (χ0) is 43.5. The number of hydrazine groups is 1. The van der Waals surface area contributed by atoms with E-state index in [4.69, 9.17) is 9.47 Å². The molecule has 2 aromatic carbocycles. The highest BCUT2D eigenvalue weighted by atomic mass is 32.1. The van der Waals surface area contributed by atoms with Crippen LogP contribution in [0.2, 0.25) is 0 Å². The van der Waals surface area contributed by atoms with Crippen LogP contribution in [0.3, 0.4) is 0 Å². The van der Waals surface area contributed by atoms with E-state index in [1.807, 2.05) is 92.0 Å². The topological polar surface area (TPSA) is 190 Å². The van der Waals surface area contributed by atoms with Crippen molar-refractivity contribution in [2.45, 2.75) is 83.1 Å². The van der Waals surface area contributed by atoms with Crippen LogP contribution < -0.4 is 10.7 Å². The van der Waals surface area contributed by atoms with Gasteiger partial charge in [0.1, 0.15) is 17.1 Å². The van der Waals surface area contributed by atoms with Crippen LogP contribution in [-0.4, -0.2) is 135 Å². The van der Waals surface area contributed by atoms with Crippen LogP contribution in [0.5, 0.6) is 0 Å². The monoisotopic (exact) mass is 856 g/mol. The van der Waals surface area contributed by atoms with E-state index in [1.165, 1.54) is 23.3 Å². The molecular weight excluding hydrogens is 801 g/mol. The lowest BCUT2D eigenvalue weighted by molar-refractivity contribution is -0.132. The van der Waals surface area contributed by atoms with E-state index in [-0.39, 0.29) is 44.4 Å². The first-order valence-corrected chi connectivity index (χ1v) is 21.4. The SMILES string of the molecule is CC[C@H](C)[C@@H](C(=O)N[C@@H](Cc1ccccc1)[C@@H](O)CN(Cc1ccc(-c2ccccn2)cc1)NC(=O)C1CC(O)CN1C(=O)OC)N1CCN(Cc2csc(COC)n2)C1=O. The van der Waals surface area contributed by atoms with Gasteiger partial charge in [-0.05, 0) is 35.6 Å². The van der Waals surface area contributed by atoms with Gasteiger partial charge in [-0.25, -0.2) is 19.6 Å². The number of ether oxygens (including phenoxy) is 2. The van der Waals surface area contributed by atoms with Gasteiger partial charge in [-0.2, -0.15) is 0 Å². The number of β-amino-alcohol motifs (C(OH)–C–C–N with tert-alkyl or cyclic N) is 1. The molecule has 0 saturated carbocycles. The molecule has 2 aliphatic rings. The molecule has 17 heteroatoms. The molecule has 6 atom stereocenters. The zero-order valence-corrected chi connectivity index (χ0v) is 35.9. The maximum absolute atomic E-state index is 14.5. The molecule has 2 aliphatic heterocycles. The Labute approximate surface area is 360 Å². The van der Waals surface area contributed by atoms with Crippen LogP contribution in [0.15, 0.2) is 84.4 Å². The molecule has 2 fully saturated rings. The number of nitrogens with zero attached hydrogens (tertiary/aromatic N) is 6. The van der Waals surface area contributed by atoms with E-state index in [2.05, 4.69) is 20.7 Å². The minimum Gasteiger partial charge on any atom is -0.453 e. The Morgan fingerprint density at radius 3 is 2.46 bits per heavy atom. The lowest BCUT2D eigenvalue weighted by atomic mass is 9.95. The Balaban J connectivity index is 1.23. The summed E-state index contributed by atoms with van der Waals surface area (Å²) in [6, 6.07) is 19.8. The van der Waals surface area contributed by atoms with E-state index >= 15 is 0 Å².